The molecule has 0 aliphatic rings. The van der Waals surface area contributed by atoms with Gasteiger partial charge < -0.3 is 10.1 Å². The molecule has 0 saturated heterocycles. The van der Waals surface area contributed by atoms with Crippen molar-refractivity contribution < 1.29 is 9.72 Å². The van der Waals surface area contributed by atoms with Crippen LogP contribution < -0.4 is 5.32 Å². The third kappa shape index (κ3) is 4.30. The summed E-state index contributed by atoms with van der Waals surface area (Å²) in [5, 5.41) is 25.8. The van der Waals surface area contributed by atoms with Gasteiger partial charge in [-0.15, -0.1) is 5.10 Å². The molecule has 3 aromatic heterocycles. The molecule has 4 aromatic rings. The Labute approximate surface area is 173 Å². The van der Waals surface area contributed by atoms with E-state index in [0.29, 0.717) is 11.6 Å². The fourth-order valence-corrected chi connectivity index (χ4v) is 2.74. The number of halogens is 1. The number of nitrogens with zero attached hydrogens (tertiary/aromatic N) is 9. The number of hydrogen-bond donors (Lipinski definition) is 1. The zero-order chi connectivity index (χ0) is 21.1. The zero-order valence-corrected chi connectivity index (χ0v) is 15.9. The molecular formula is C16H13ClN10O3. The van der Waals surface area contributed by atoms with Gasteiger partial charge in [0.25, 0.3) is 5.91 Å². The quantitative estimate of drug-likeness (QED) is 0.343. The monoisotopic (exact) mass is 428 g/mol. The maximum atomic E-state index is 12.4. The van der Waals surface area contributed by atoms with Crippen molar-refractivity contribution in [1.82, 2.24) is 39.3 Å². The number of anilines is 1. The van der Waals surface area contributed by atoms with Crippen molar-refractivity contribution in [2.75, 3.05) is 5.32 Å². The standard InChI is InChI=1S/C16H13ClN10O3/c17-12-4-2-1-3-11(12)7-25-8-18-15(22-25)20-14(28)13-5-6-24(21-13)10-26-9-19-16(23-26)27(29)30/h1-6,8-9H,7,10H2,(H,20,22,28). The molecule has 152 valence electrons. The number of amides is 1. The van der Waals surface area contributed by atoms with Crippen LogP contribution in [0.5, 0.6) is 0 Å². The van der Waals surface area contributed by atoms with Crippen LogP contribution in [-0.4, -0.2) is 50.1 Å². The Morgan fingerprint density at radius 2 is 1.87 bits per heavy atom. The van der Waals surface area contributed by atoms with Gasteiger partial charge in [-0.25, -0.2) is 14.3 Å². The average Bonchev–Trinajstić information content (AvgIpc) is 3.45. The lowest BCUT2D eigenvalue weighted by Gasteiger charge is -2.03. The lowest BCUT2D eigenvalue weighted by atomic mass is 10.2. The highest BCUT2D eigenvalue weighted by molar-refractivity contribution is 6.31. The van der Waals surface area contributed by atoms with Crippen LogP contribution in [-0.2, 0) is 13.2 Å². The SMILES string of the molecule is O=C(Nc1ncn(Cc2ccccc2Cl)n1)c1ccn(Cn2cnc([N+](=O)[O-])n2)n1. The largest absolute Gasteiger partial charge is 0.491 e. The van der Waals surface area contributed by atoms with Gasteiger partial charge in [-0.1, -0.05) is 34.8 Å². The normalized spacial score (nSPS) is 10.8. The topological polar surface area (TPSA) is 151 Å². The van der Waals surface area contributed by atoms with E-state index in [-0.39, 0.29) is 18.3 Å². The molecule has 1 aromatic carbocycles. The number of rotatable bonds is 7. The Morgan fingerprint density at radius 3 is 2.63 bits per heavy atom. The molecule has 0 spiro atoms. The first-order chi connectivity index (χ1) is 14.5. The predicted octanol–water partition coefficient (Wildman–Crippen LogP) is 1.43. The molecule has 0 unspecified atom stereocenters. The summed E-state index contributed by atoms with van der Waals surface area (Å²) < 4.78 is 4.16. The molecule has 0 bridgehead atoms. The molecule has 1 N–H and O–H groups in total. The molecule has 30 heavy (non-hydrogen) atoms. The summed E-state index contributed by atoms with van der Waals surface area (Å²) in [6, 6.07) is 8.85. The molecule has 13 nitrogen and oxygen atoms in total. The summed E-state index contributed by atoms with van der Waals surface area (Å²) in [7, 11) is 0. The van der Waals surface area contributed by atoms with E-state index < -0.39 is 16.8 Å². The Morgan fingerprint density at radius 1 is 1.07 bits per heavy atom. The second kappa shape index (κ2) is 8.08. The Balaban J connectivity index is 1.38. The predicted molar refractivity (Wildman–Crippen MR) is 103 cm³/mol. The molecule has 4 rings (SSSR count). The van der Waals surface area contributed by atoms with E-state index in [1.165, 1.54) is 34.3 Å². The number of carbonyl (C=O) groups excluding carboxylic acids is 1. The van der Waals surface area contributed by atoms with Crippen molar-refractivity contribution >= 4 is 29.4 Å². The number of hydrogen-bond acceptors (Lipinski definition) is 8. The van der Waals surface area contributed by atoms with E-state index >= 15 is 0 Å². The lowest BCUT2D eigenvalue weighted by molar-refractivity contribution is -0.394. The van der Waals surface area contributed by atoms with Gasteiger partial charge in [0.05, 0.1) is 6.54 Å². The molecule has 0 aliphatic heterocycles. The highest BCUT2D eigenvalue weighted by Crippen LogP contribution is 2.16. The first-order valence-electron chi connectivity index (χ1n) is 8.49. The fourth-order valence-electron chi connectivity index (χ4n) is 2.54. The van der Waals surface area contributed by atoms with Crippen LogP contribution in [0, 0.1) is 10.1 Å². The van der Waals surface area contributed by atoms with Crippen LogP contribution in [0.3, 0.4) is 0 Å². The van der Waals surface area contributed by atoms with E-state index in [9.17, 15) is 14.9 Å². The first-order valence-corrected chi connectivity index (χ1v) is 8.87. The van der Waals surface area contributed by atoms with E-state index in [2.05, 4.69) is 30.6 Å². The molecule has 0 fully saturated rings. The van der Waals surface area contributed by atoms with Crippen LogP contribution in [0.15, 0.2) is 49.2 Å². The lowest BCUT2D eigenvalue weighted by Crippen LogP contribution is -2.16. The van der Waals surface area contributed by atoms with Gasteiger partial charge in [0.2, 0.25) is 12.3 Å². The number of nitrogens with one attached hydrogen (secondary N) is 1. The number of aromatic nitrogens is 8. The molecule has 3 heterocycles. The second-order valence-corrected chi connectivity index (χ2v) is 6.44. The Kier molecular flexibility index (Phi) is 5.17. The number of carbonyl (C=O) groups is 1. The van der Waals surface area contributed by atoms with Gasteiger partial charge >= 0.3 is 5.95 Å². The van der Waals surface area contributed by atoms with Gasteiger partial charge in [-0.2, -0.15) is 9.78 Å². The highest BCUT2D eigenvalue weighted by Gasteiger charge is 2.16. The van der Waals surface area contributed by atoms with Crippen molar-refractivity contribution in [3.05, 3.63) is 75.6 Å². The van der Waals surface area contributed by atoms with Gasteiger partial charge in [0, 0.05) is 16.3 Å². The maximum Gasteiger partial charge on any atom is 0.491 e. The molecule has 0 atom stereocenters. The number of nitro groups is 1. The molecule has 0 radical (unpaired) electrons. The van der Waals surface area contributed by atoms with E-state index in [4.69, 9.17) is 11.6 Å². The minimum atomic E-state index is -0.698. The van der Waals surface area contributed by atoms with Crippen LogP contribution in [0.25, 0.3) is 0 Å². The van der Waals surface area contributed by atoms with Crippen LogP contribution >= 0.6 is 11.6 Å². The minimum absolute atomic E-state index is 0.0544. The van der Waals surface area contributed by atoms with Crippen molar-refractivity contribution in [2.45, 2.75) is 13.2 Å². The van der Waals surface area contributed by atoms with Crippen molar-refractivity contribution in [3.8, 4) is 0 Å². The van der Waals surface area contributed by atoms with Crippen molar-refractivity contribution in [2.24, 2.45) is 0 Å². The smallest absolute Gasteiger partial charge is 0.390 e. The molecule has 14 heteroatoms. The van der Waals surface area contributed by atoms with Gasteiger partial charge in [-0.3, -0.25) is 10.1 Å². The van der Waals surface area contributed by atoms with Gasteiger partial charge in [-0.05, 0) is 22.6 Å². The summed E-state index contributed by atoms with van der Waals surface area (Å²) in [6.45, 7) is 0.458. The van der Waals surface area contributed by atoms with Crippen LogP contribution in [0.2, 0.25) is 5.02 Å². The summed E-state index contributed by atoms with van der Waals surface area (Å²) >= 11 is 6.14. The third-order valence-electron chi connectivity index (χ3n) is 3.90. The average molecular weight is 429 g/mol. The maximum absolute atomic E-state index is 12.4. The molecule has 0 saturated carbocycles. The fraction of sp³-hybridized carbons (Fsp3) is 0.125. The third-order valence-corrected chi connectivity index (χ3v) is 4.27. The van der Waals surface area contributed by atoms with E-state index in [1.807, 2.05) is 18.2 Å². The first kappa shape index (κ1) is 19.2. The summed E-state index contributed by atoms with van der Waals surface area (Å²) in [6.07, 6.45) is 4.22. The molecular weight excluding hydrogens is 416 g/mol. The van der Waals surface area contributed by atoms with Gasteiger partial charge in [0.15, 0.2) is 12.4 Å². The number of benzene rings is 1. The second-order valence-electron chi connectivity index (χ2n) is 6.03. The summed E-state index contributed by atoms with van der Waals surface area (Å²) in [4.78, 5) is 29.9. The molecule has 1 amide bonds. The summed E-state index contributed by atoms with van der Waals surface area (Å²) in [5.74, 6) is -0.902. The Hall–Kier alpha value is -4.13. The van der Waals surface area contributed by atoms with Gasteiger partial charge in [0.1, 0.15) is 6.33 Å². The van der Waals surface area contributed by atoms with Crippen molar-refractivity contribution in [1.29, 1.82) is 0 Å². The highest BCUT2D eigenvalue weighted by atomic mass is 35.5. The van der Waals surface area contributed by atoms with E-state index in [0.717, 1.165) is 5.56 Å². The Bertz CT molecular complexity index is 1210. The van der Waals surface area contributed by atoms with Crippen LogP contribution in [0.4, 0.5) is 11.9 Å². The minimum Gasteiger partial charge on any atom is -0.390 e. The van der Waals surface area contributed by atoms with Crippen LogP contribution in [0.1, 0.15) is 16.1 Å². The molecule has 0 aliphatic carbocycles. The zero-order valence-electron chi connectivity index (χ0n) is 15.2. The summed E-state index contributed by atoms with van der Waals surface area (Å²) in [5.41, 5.74) is 0.987. The van der Waals surface area contributed by atoms with E-state index in [1.54, 1.807) is 10.7 Å². The van der Waals surface area contributed by atoms with Crippen molar-refractivity contribution in [3.63, 3.8) is 0 Å².